The second-order valence-electron chi connectivity index (χ2n) is 8.01. The second-order valence-corrected chi connectivity index (χ2v) is 8.01. The summed E-state index contributed by atoms with van der Waals surface area (Å²) in [6, 6.07) is 9.17. The molecule has 1 N–H and O–H groups in total. The summed E-state index contributed by atoms with van der Waals surface area (Å²) >= 11 is 0. The number of ether oxygens (including phenoxy) is 4. The lowest BCUT2D eigenvalue weighted by Gasteiger charge is -2.20. The first-order valence-corrected chi connectivity index (χ1v) is 9.90. The first-order valence-electron chi connectivity index (χ1n) is 9.90. The third-order valence-electron chi connectivity index (χ3n) is 4.70. The summed E-state index contributed by atoms with van der Waals surface area (Å²) in [5, 5.41) is 2.65. The van der Waals surface area contributed by atoms with Gasteiger partial charge in [0.05, 0.1) is 21.3 Å². The molecule has 0 atom stereocenters. The highest BCUT2D eigenvalue weighted by Gasteiger charge is 2.22. The van der Waals surface area contributed by atoms with E-state index in [0.717, 1.165) is 11.1 Å². The Labute approximate surface area is 186 Å². The molecule has 1 aromatic carbocycles. The lowest BCUT2D eigenvalue weighted by Crippen LogP contribution is -2.14. The predicted molar refractivity (Wildman–Crippen MR) is 118 cm³/mol. The maximum absolute atomic E-state index is 12.8. The van der Waals surface area contributed by atoms with E-state index in [9.17, 15) is 4.79 Å². The van der Waals surface area contributed by atoms with E-state index < -0.39 is 5.91 Å². The zero-order chi connectivity index (χ0) is 23.5. The minimum atomic E-state index is -0.551. The molecule has 9 nitrogen and oxygen atoms in total. The number of benzene rings is 1. The first-order chi connectivity index (χ1) is 15.2. The number of aromatic nitrogens is 2. The van der Waals surface area contributed by atoms with E-state index in [2.05, 4.69) is 42.1 Å². The molecule has 3 rings (SSSR count). The number of rotatable bonds is 7. The molecule has 32 heavy (non-hydrogen) atoms. The number of hydrogen-bond donors (Lipinski definition) is 1. The lowest BCUT2D eigenvalue weighted by molar-refractivity contribution is 0.0990. The maximum Gasteiger partial charge on any atom is 0.322 e. The normalized spacial score (nSPS) is 11.1. The highest BCUT2D eigenvalue weighted by atomic mass is 16.6. The quantitative estimate of drug-likeness (QED) is 0.560. The maximum atomic E-state index is 12.8. The molecule has 0 spiro atoms. The van der Waals surface area contributed by atoms with Crippen molar-refractivity contribution in [2.45, 2.75) is 33.1 Å². The summed E-state index contributed by atoms with van der Waals surface area (Å²) < 4.78 is 27.0. The van der Waals surface area contributed by atoms with Crippen molar-refractivity contribution in [3.8, 4) is 29.5 Å². The van der Waals surface area contributed by atoms with Gasteiger partial charge in [-0.3, -0.25) is 4.79 Å². The predicted octanol–water partition coefficient (Wildman–Crippen LogP) is 4.75. The number of carbonyl (C=O) groups is 1. The van der Waals surface area contributed by atoms with Crippen LogP contribution in [-0.2, 0) is 5.41 Å². The number of amides is 1. The van der Waals surface area contributed by atoms with Crippen molar-refractivity contribution < 1.29 is 28.2 Å². The average molecular weight is 441 g/mol. The van der Waals surface area contributed by atoms with E-state index in [4.69, 9.17) is 23.4 Å². The zero-order valence-corrected chi connectivity index (χ0v) is 19.2. The molecule has 0 aliphatic rings. The van der Waals surface area contributed by atoms with Gasteiger partial charge in [-0.2, -0.15) is 9.97 Å². The van der Waals surface area contributed by atoms with Crippen LogP contribution in [0.4, 0.5) is 5.69 Å². The smallest absolute Gasteiger partial charge is 0.322 e. The van der Waals surface area contributed by atoms with Crippen LogP contribution in [0.5, 0.6) is 29.5 Å². The summed E-state index contributed by atoms with van der Waals surface area (Å²) in [4.78, 5) is 20.9. The summed E-state index contributed by atoms with van der Waals surface area (Å²) in [5.74, 6) is 0.495. The molecule has 9 heteroatoms. The molecule has 0 saturated heterocycles. The molecule has 0 bridgehead atoms. The van der Waals surface area contributed by atoms with Crippen LogP contribution < -0.4 is 24.3 Å². The van der Waals surface area contributed by atoms with Crippen LogP contribution in [0.1, 0.15) is 42.5 Å². The van der Waals surface area contributed by atoms with E-state index in [1.54, 1.807) is 6.07 Å². The minimum absolute atomic E-state index is 0.0292. The van der Waals surface area contributed by atoms with Gasteiger partial charge >= 0.3 is 6.01 Å². The van der Waals surface area contributed by atoms with Gasteiger partial charge in [0.25, 0.3) is 11.9 Å². The standard InChI is InChI=1S/C23H27N3O6/c1-13-8-9-14(23(2,3)4)12-16(13)32-17-11-10-15(31-17)19(27)24-18-20(28-5)25-22(30-7)26-21(18)29-6/h8-12H,1-7H3,(H,24,27). The highest BCUT2D eigenvalue weighted by Crippen LogP contribution is 2.35. The van der Waals surface area contributed by atoms with Gasteiger partial charge in [-0.15, -0.1) is 0 Å². The average Bonchev–Trinajstić information content (AvgIpc) is 3.23. The fourth-order valence-corrected chi connectivity index (χ4v) is 2.85. The van der Waals surface area contributed by atoms with Gasteiger partial charge in [0.15, 0.2) is 11.4 Å². The van der Waals surface area contributed by atoms with Crippen molar-refractivity contribution in [1.29, 1.82) is 0 Å². The summed E-state index contributed by atoms with van der Waals surface area (Å²) in [6.07, 6.45) is 0. The Morgan fingerprint density at radius 2 is 1.62 bits per heavy atom. The second kappa shape index (κ2) is 9.17. The monoisotopic (exact) mass is 441 g/mol. The van der Waals surface area contributed by atoms with Gasteiger partial charge in [0.1, 0.15) is 5.75 Å². The summed E-state index contributed by atoms with van der Waals surface area (Å²) in [6.45, 7) is 8.33. The van der Waals surface area contributed by atoms with Gasteiger partial charge in [-0.1, -0.05) is 32.9 Å². The zero-order valence-electron chi connectivity index (χ0n) is 19.2. The SMILES string of the molecule is COc1nc(OC)c(NC(=O)c2ccc(Oc3cc(C(C)(C)C)ccc3C)o2)c(OC)n1. The van der Waals surface area contributed by atoms with Crippen LogP contribution in [-0.4, -0.2) is 37.2 Å². The van der Waals surface area contributed by atoms with Gasteiger partial charge in [-0.05, 0) is 35.6 Å². The molecule has 2 heterocycles. The third-order valence-corrected chi connectivity index (χ3v) is 4.70. The Morgan fingerprint density at radius 1 is 0.969 bits per heavy atom. The molecule has 0 unspecified atom stereocenters. The van der Waals surface area contributed by atoms with Gasteiger partial charge in [0.2, 0.25) is 11.8 Å². The number of carbonyl (C=O) groups excluding carboxylic acids is 1. The van der Waals surface area contributed by atoms with Crippen LogP contribution in [0.15, 0.2) is 34.7 Å². The summed E-state index contributed by atoms with van der Waals surface area (Å²) in [7, 11) is 4.23. The first kappa shape index (κ1) is 22.9. The minimum Gasteiger partial charge on any atom is -0.479 e. The Balaban J connectivity index is 1.82. The number of nitrogens with zero attached hydrogens (tertiary/aromatic N) is 2. The molecule has 170 valence electrons. The molecule has 0 fully saturated rings. The third kappa shape index (κ3) is 4.93. The molecular formula is C23H27N3O6. The Hall–Kier alpha value is -3.75. The van der Waals surface area contributed by atoms with E-state index in [1.807, 2.05) is 19.1 Å². The van der Waals surface area contributed by atoms with E-state index in [1.165, 1.54) is 27.4 Å². The molecule has 0 aliphatic carbocycles. The number of methoxy groups -OCH3 is 3. The molecule has 2 aromatic heterocycles. The van der Waals surface area contributed by atoms with Gasteiger partial charge in [0, 0.05) is 6.07 Å². The van der Waals surface area contributed by atoms with Crippen molar-refractivity contribution in [1.82, 2.24) is 9.97 Å². The highest BCUT2D eigenvalue weighted by molar-refractivity contribution is 6.03. The lowest BCUT2D eigenvalue weighted by atomic mass is 9.86. The molecule has 0 radical (unpaired) electrons. The number of hydrogen-bond acceptors (Lipinski definition) is 8. The molecule has 3 aromatic rings. The Kier molecular flexibility index (Phi) is 6.57. The van der Waals surface area contributed by atoms with Crippen molar-refractivity contribution in [2.75, 3.05) is 26.6 Å². The molecule has 0 aliphatic heterocycles. The van der Waals surface area contributed by atoms with Crippen molar-refractivity contribution in [3.63, 3.8) is 0 Å². The van der Waals surface area contributed by atoms with E-state index in [0.29, 0.717) is 5.75 Å². The number of nitrogens with one attached hydrogen (secondary N) is 1. The van der Waals surface area contributed by atoms with Crippen LogP contribution in [0.3, 0.4) is 0 Å². The van der Waals surface area contributed by atoms with Crippen LogP contribution >= 0.6 is 0 Å². The van der Waals surface area contributed by atoms with Crippen LogP contribution in [0.2, 0.25) is 0 Å². The fourth-order valence-electron chi connectivity index (χ4n) is 2.85. The van der Waals surface area contributed by atoms with E-state index in [-0.39, 0.29) is 40.6 Å². The summed E-state index contributed by atoms with van der Waals surface area (Å²) in [5.41, 5.74) is 2.19. The fraction of sp³-hybridized carbons (Fsp3) is 0.348. The van der Waals surface area contributed by atoms with Gasteiger partial charge < -0.3 is 28.7 Å². The van der Waals surface area contributed by atoms with Crippen LogP contribution in [0, 0.1) is 6.92 Å². The molecular weight excluding hydrogens is 414 g/mol. The van der Waals surface area contributed by atoms with E-state index >= 15 is 0 Å². The number of furan rings is 1. The van der Waals surface area contributed by atoms with Crippen LogP contribution in [0.25, 0.3) is 0 Å². The van der Waals surface area contributed by atoms with Gasteiger partial charge in [-0.25, -0.2) is 0 Å². The Bertz CT molecular complexity index is 1090. The Morgan fingerprint density at radius 3 is 2.19 bits per heavy atom. The number of aryl methyl sites for hydroxylation is 1. The largest absolute Gasteiger partial charge is 0.479 e. The van der Waals surface area contributed by atoms with Crippen molar-refractivity contribution in [3.05, 3.63) is 47.2 Å². The van der Waals surface area contributed by atoms with Crippen molar-refractivity contribution >= 4 is 11.6 Å². The molecule has 1 amide bonds. The van der Waals surface area contributed by atoms with Crippen molar-refractivity contribution in [2.24, 2.45) is 0 Å². The topological polar surface area (TPSA) is 105 Å². The number of anilines is 1. The molecule has 0 saturated carbocycles.